The van der Waals surface area contributed by atoms with E-state index >= 15 is 0 Å². The second-order valence-corrected chi connectivity index (χ2v) is 3.86. The summed E-state index contributed by atoms with van der Waals surface area (Å²) in [5.41, 5.74) is 1.10. The Balaban J connectivity index is 2.80. The number of hydrogen-bond acceptors (Lipinski definition) is 3. The summed E-state index contributed by atoms with van der Waals surface area (Å²) in [4.78, 5) is 11.2. The number of carbonyl (C=O) groups is 1. The van der Waals surface area contributed by atoms with Crippen molar-refractivity contribution in [1.82, 2.24) is 4.57 Å². The molecule has 0 amide bonds. The quantitative estimate of drug-likeness (QED) is 0.903. The number of hydrogen-bond donors (Lipinski definition) is 1. The van der Waals surface area contributed by atoms with Crippen molar-refractivity contribution >= 4 is 16.9 Å². The molecular formula is C13H15NO4. The van der Waals surface area contributed by atoms with Gasteiger partial charge in [0.25, 0.3) is 0 Å². The molecule has 5 nitrogen and oxygen atoms in total. The SMILES string of the molecule is CCn1cc(C(=O)O)c2cc(OC)c(OC)cc21. The third-order valence-electron chi connectivity index (χ3n) is 2.96. The zero-order chi connectivity index (χ0) is 13.3. The Morgan fingerprint density at radius 1 is 1.28 bits per heavy atom. The molecule has 0 saturated heterocycles. The third-order valence-corrected chi connectivity index (χ3v) is 2.96. The fourth-order valence-electron chi connectivity index (χ4n) is 2.05. The maximum absolute atomic E-state index is 11.2. The van der Waals surface area contributed by atoms with Gasteiger partial charge in [0.15, 0.2) is 11.5 Å². The second-order valence-electron chi connectivity index (χ2n) is 3.86. The maximum atomic E-state index is 11.2. The summed E-state index contributed by atoms with van der Waals surface area (Å²) < 4.78 is 12.3. The number of methoxy groups -OCH3 is 2. The van der Waals surface area contributed by atoms with E-state index in [1.807, 2.05) is 11.5 Å². The van der Waals surface area contributed by atoms with E-state index in [-0.39, 0.29) is 5.56 Å². The smallest absolute Gasteiger partial charge is 0.337 e. The average Bonchev–Trinajstić information content (AvgIpc) is 2.74. The van der Waals surface area contributed by atoms with Crippen LogP contribution in [0.3, 0.4) is 0 Å². The van der Waals surface area contributed by atoms with Gasteiger partial charge in [0.1, 0.15) is 0 Å². The van der Waals surface area contributed by atoms with Crippen LogP contribution >= 0.6 is 0 Å². The number of nitrogens with zero attached hydrogens (tertiary/aromatic N) is 1. The molecule has 0 aliphatic rings. The lowest BCUT2D eigenvalue weighted by Gasteiger charge is -2.09. The van der Waals surface area contributed by atoms with Crippen LogP contribution in [0.15, 0.2) is 18.3 Å². The highest BCUT2D eigenvalue weighted by molar-refractivity contribution is 6.04. The number of carboxylic acids is 1. The van der Waals surface area contributed by atoms with Crippen molar-refractivity contribution < 1.29 is 19.4 Å². The standard InChI is InChI=1S/C13H15NO4/c1-4-14-7-9(13(15)16)8-5-11(17-2)12(18-3)6-10(8)14/h5-7H,4H2,1-3H3,(H,15,16). The molecule has 0 spiro atoms. The molecule has 0 atom stereocenters. The molecule has 5 heteroatoms. The van der Waals surface area contributed by atoms with E-state index < -0.39 is 5.97 Å². The summed E-state index contributed by atoms with van der Waals surface area (Å²) >= 11 is 0. The average molecular weight is 249 g/mol. The first kappa shape index (κ1) is 12.3. The largest absolute Gasteiger partial charge is 0.493 e. The third kappa shape index (κ3) is 1.77. The van der Waals surface area contributed by atoms with Crippen molar-refractivity contribution in [2.75, 3.05) is 14.2 Å². The number of aryl methyl sites for hydroxylation is 1. The molecule has 0 radical (unpaired) electrons. The van der Waals surface area contributed by atoms with Gasteiger partial charge in [-0.25, -0.2) is 4.79 Å². The summed E-state index contributed by atoms with van der Waals surface area (Å²) in [7, 11) is 3.09. The molecule has 1 heterocycles. The zero-order valence-electron chi connectivity index (χ0n) is 10.6. The predicted molar refractivity (Wildman–Crippen MR) is 67.7 cm³/mol. The van der Waals surface area contributed by atoms with E-state index in [0.717, 1.165) is 5.52 Å². The Bertz CT molecular complexity index is 601. The van der Waals surface area contributed by atoms with Gasteiger partial charge < -0.3 is 19.1 Å². The first-order chi connectivity index (χ1) is 8.62. The van der Waals surface area contributed by atoms with Crippen LogP contribution in [-0.4, -0.2) is 29.9 Å². The molecule has 1 N–H and O–H groups in total. The Labute approximate surface area is 105 Å². The number of aromatic nitrogens is 1. The van der Waals surface area contributed by atoms with Crippen LogP contribution in [0.1, 0.15) is 17.3 Å². The van der Waals surface area contributed by atoms with Gasteiger partial charge in [-0.3, -0.25) is 0 Å². The van der Waals surface area contributed by atoms with Crippen LogP contribution in [0.5, 0.6) is 11.5 Å². The Morgan fingerprint density at radius 2 is 1.89 bits per heavy atom. The first-order valence-corrected chi connectivity index (χ1v) is 5.60. The minimum atomic E-state index is -0.945. The maximum Gasteiger partial charge on any atom is 0.337 e. The molecule has 2 rings (SSSR count). The van der Waals surface area contributed by atoms with Crippen molar-refractivity contribution in [1.29, 1.82) is 0 Å². The van der Waals surface area contributed by atoms with Crippen molar-refractivity contribution in [2.24, 2.45) is 0 Å². The number of carboxylic acid groups (broad SMARTS) is 1. The van der Waals surface area contributed by atoms with Crippen LogP contribution in [0, 0.1) is 0 Å². The van der Waals surface area contributed by atoms with Gasteiger partial charge in [0.2, 0.25) is 0 Å². The number of fused-ring (bicyclic) bond motifs is 1. The summed E-state index contributed by atoms with van der Waals surface area (Å²) in [6, 6.07) is 3.49. The summed E-state index contributed by atoms with van der Waals surface area (Å²) in [6.45, 7) is 2.65. The molecule has 2 aromatic rings. The summed E-state index contributed by atoms with van der Waals surface area (Å²) in [6.07, 6.45) is 1.63. The van der Waals surface area contributed by atoms with E-state index in [4.69, 9.17) is 9.47 Å². The molecule has 0 aliphatic carbocycles. The van der Waals surface area contributed by atoms with Crippen LogP contribution < -0.4 is 9.47 Å². The highest BCUT2D eigenvalue weighted by Gasteiger charge is 2.17. The van der Waals surface area contributed by atoms with Gasteiger partial charge in [-0.2, -0.15) is 0 Å². The van der Waals surface area contributed by atoms with E-state index in [9.17, 15) is 9.90 Å². The minimum Gasteiger partial charge on any atom is -0.493 e. The highest BCUT2D eigenvalue weighted by Crippen LogP contribution is 2.34. The lowest BCUT2D eigenvalue weighted by atomic mass is 10.1. The topological polar surface area (TPSA) is 60.7 Å². The minimum absolute atomic E-state index is 0.271. The Morgan fingerprint density at radius 3 is 2.39 bits per heavy atom. The summed E-state index contributed by atoms with van der Waals surface area (Å²) in [5, 5.41) is 9.85. The van der Waals surface area contributed by atoms with Crippen LogP contribution in [0.4, 0.5) is 0 Å². The van der Waals surface area contributed by atoms with E-state index in [1.165, 1.54) is 7.11 Å². The van der Waals surface area contributed by atoms with Crippen molar-refractivity contribution in [3.8, 4) is 11.5 Å². The van der Waals surface area contributed by atoms with E-state index in [0.29, 0.717) is 23.4 Å². The molecule has 1 aromatic heterocycles. The Kier molecular flexibility index (Phi) is 3.14. The lowest BCUT2D eigenvalue weighted by molar-refractivity contribution is 0.0699. The van der Waals surface area contributed by atoms with Gasteiger partial charge in [0, 0.05) is 24.2 Å². The molecule has 0 unspecified atom stereocenters. The normalized spacial score (nSPS) is 10.6. The van der Waals surface area contributed by atoms with Crippen molar-refractivity contribution in [2.45, 2.75) is 13.5 Å². The monoisotopic (exact) mass is 249 g/mol. The van der Waals surface area contributed by atoms with Crippen molar-refractivity contribution in [3.63, 3.8) is 0 Å². The van der Waals surface area contributed by atoms with Gasteiger partial charge >= 0.3 is 5.97 Å². The van der Waals surface area contributed by atoms with Crippen LogP contribution in [-0.2, 0) is 6.54 Å². The molecule has 0 bridgehead atoms. The number of rotatable bonds is 4. The number of ether oxygens (including phenoxy) is 2. The fourth-order valence-corrected chi connectivity index (χ4v) is 2.05. The lowest BCUT2D eigenvalue weighted by Crippen LogP contribution is -1.95. The second kappa shape index (κ2) is 4.60. The molecular weight excluding hydrogens is 234 g/mol. The molecule has 0 aliphatic heterocycles. The van der Waals surface area contributed by atoms with Gasteiger partial charge in [-0.1, -0.05) is 0 Å². The van der Waals surface area contributed by atoms with Crippen molar-refractivity contribution in [3.05, 3.63) is 23.9 Å². The van der Waals surface area contributed by atoms with E-state index in [1.54, 1.807) is 25.4 Å². The van der Waals surface area contributed by atoms with Crippen LogP contribution in [0.25, 0.3) is 10.9 Å². The predicted octanol–water partition coefficient (Wildman–Crippen LogP) is 2.38. The first-order valence-electron chi connectivity index (χ1n) is 5.60. The van der Waals surface area contributed by atoms with Gasteiger partial charge in [-0.05, 0) is 13.0 Å². The fraction of sp³-hybridized carbons (Fsp3) is 0.308. The molecule has 0 saturated carbocycles. The number of aromatic carboxylic acids is 1. The number of benzene rings is 1. The molecule has 18 heavy (non-hydrogen) atoms. The molecule has 0 fully saturated rings. The van der Waals surface area contributed by atoms with Crippen LogP contribution in [0.2, 0.25) is 0 Å². The summed E-state index contributed by atoms with van der Waals surface area (Å²) in [5.74, 6) is 0.176. The molecule has 96 valence electrons. The molecule has 1 aromatic carbocycles. The van der Waals surface area contributed by atoms with E-state index in [2.05, 4.69) is 0 Å². The Hall–Kier alpha value is -2.17. The van der Waals surface area contributed by atoms with Gasteiger partial charge in [0.05, 0.1) is 25.3 Å². The zero-order valence-corrected chi connectivity index (χ0v) is 10.6. The van der Waals surface area contributed by atoms with Gasteiger partial charge in [-0.15, -0.1) is 0 Å². The highest BCUT2D eigenvalue weighted by atomic mass is 16.5.